The van der Waals surface area contributed by atoms with Gasteiger partial charge in [-0.1, -0.05) is 24.3 Å². The number of hydrogen-bond donors (Lipinski definition) is 2. The van der Waals surface area contributed by atoms with Crippen molar-refractivity contribution in [1.29, 1.82) is 0 Å². The van der Waals surface area contributed by atoms with Gasteiger partial charge in [0.15, 0.2) is 0 Å². The summed E-state index contributed by atoms with van der Waals surface area (Å²) >= 11 is 0. The molecule has 1 aromatic carbocycles. The van der Waals surface area contributed by atoms with E-state index in [9.17, 15) is 5.11 Å². The summed E-state index contributed by atoms with van der Waals surface area (Å²) in [6.45, 7) is 1.86. The zero-order valence-electron chi connectivity index (χ0n) is 6.99. The average molecular weight is 164 g/mol. The highest BCUT2D eigenvalue weighted by Crippen LogP contribution is 2.17. The summed E-state index contributed by atoms with van der Waals surface area (Å²) in [4.78, 5) is 0. The third-order valence-corrected chi connectivity index (χ3v) is 1.65. The summed E-state index contributed by atoms with van der Waals surface area (Å²) in [6.07, 6.45) is 3.39. The first-order chi connectivity index (χ1) is 5.74. The standard InChI is InChI=1S/C10H12O2/c1-8-4-5-9(3-2-6-11)7-10(8)12/h2-5,7,11-12H,6H2,1H3/b3-2+. The molecular formula is C10H12O2. The van der Waals surface area contributed by atoms with Gasteiger partial charge in [-0.15, -0.1) is 0 Å². The van der Waals surface area contributed by atoms with Gasteiger partial charge in [-0.3, -0.25) is 0 Å². The molecule has 0 saturated carbocycles. The van der Waals surface area contributed by atoms with Crippen LogP contribution in [0.25, 0.3) is 6.08 Å². The molecule has 0 saturated heterocycles. The molecule has 2 nitrogen and oxygen atoms in total. The Balaban J connectivity index is 2.89. The summed E-state index contributed by atoms with van der Waals surface area (Å²) in [5.74, 6) is 0.287. The molecule has 0 aliphatic rings. The van der Waals surface area contributed by atoms with Crippen molar-refractivity contribution in [2.24, 2.45) is 0 Å². The van der Waals surface area contributed by atoms with Crippen LogP contribution in [-0.4, -0.2) is 16.8 Å². The second kappa shape index (κ2) is 3.93. The number of benzene rings is 1. The number of aliphatic hydroxyl groups excluding tert-OH is 1. The van der Waals surface area contributed by atoms with E-state index >= 15 is 0 Å². The van der Waals surface area contributed by atoms with Crippen LogP contribution >= 0.6 is 0 Å². The highest BCUT2D eigenvalue weighted by Gasteiger charge is 1.94. The third-order valence-electron chi connectivity index (χ3n) is 1.65. The first kappa shape index (κ1) is 8.81. The number of phenols is 1. The largest absolute Gasteiger partial charge is 0.508 e. The molecule has 0 aliphatic heterocycles. The van der Waals surface area contributed by atoms with Gasteiger partial charge in [0.25, 0.3) is 0 Å². The monoisotopic (exact) mass is 164 g/mol. The zero-order valence-corrected chi connectivity index (χ0v) is 6.99. The quantitative estimate of drug-likeness (QED) is 0.698. The van der Waals surface area contributed by atoms with Crippen molar-refractivity contribution >= 4 is 6.08 Å². The van der Waals surface area contributed by atoms with E-state index in [0.29, 0.717) is 0 Å². The molecule has 0 amide bonds. The van der Waals surface area contributed by atoms with E-state index in [4.69, 9.17) is 5.11 Å². The van der Waals surface area contributed by atoms with Gasteiger partial charge in [0.2, 0.25) is 0 Å². The molecule has 0 atom stereocenters. The average Bonchev–Trinajstić information content (AvgIpc) is 2.07. The van der Waals surface area contributed by atoms with Crippen LogP contribution in [0.5, 0.6) is 5.75 Å². The van der Waals surface area contributed by atoms with Crippen molar-refractivity contribution in [3.8, 4) is 5.75 Å². The fourth-order valence-electron chi connectivity index (χ4n) is 0.919. The van der Waals surface area contributed by atoms with Crippen molar-refractivity contribution < 1.29 is 10.2 Å². The highest BCUT2D eigenvalue weighted by atomic mass is 16.3. The molecule has 0 radical (unpaired) electrons. The van der Waals surface area contributed by atoms with Crippen LogP contribution in [0.3, 0.4) is 0 Å². The van der Waals surface area contributed by atoms with Crippen molar-refractivity contribution in [2.45, 2.75) is 6.92 Å². The molecule has 1 rings (SSSR count). The summed E-state index contributed by atoms with van der Waals surface area (Å²) in [7, 11) is 0. The first-order valence-electron chi connectivity index (χ1n) is 3.81. The normalized spacial score (nSPS) is 10.8. The SMILES string of the molecule is Cc1ccc(/C=C/CO)cc1O. The molecule has 0 spiro atoms. The maximum Gasteiger partial charge on any atom is 0.119 e. The lowest BCUT2D eigenvalue weighted by atomic mass is 10.1. The Morgan fingerprint density at radius 1 is 1.42 bits per heavy atom. The Bertz CT molecular complexity index is 290. The maximum atomic E-state index is 9.30. The molecule has 64 valence electrons. The molecule has 0 fully saturated rings. The second-order valence-corrected chi connectivity index (χ2v) is 2.63. The lowest BCUT2D eigenvalue weighted by Crippen LogP contribution is -1.77. The topological polar surface area (TPSA) is 40.5 Å². The van der Waals surface area contributed by atoms with E-state index in [1.807, 2.05) is 19.1 Å². The Kier molecular flexibility index (Phi) is 2.88. The van der Waals surface area contributed by atoms with E-state index in [1.54, 1.807) is 18.2 Å². The predicted molar refractivity (Wildman–Crippen MR) is 49.0 cm³/mol. The van der Waals surface area contributed by atoms with E-state index in [1.165, 1.54) is 0 Å². The van der Waals surface area contributed by atoms with Crippen LogP contribution in [0.15, 0.2) is 24.3 Å². The van der Waals surface area contributed by atoms with Gasteiger partial charge in [-0.05, 0) is 24.1 Å². The number of phenolic OH excluding ortho intramolecular Hbond substituents is 1. The van der Waals surface area contributed by atoms with Crippen LogP contribution in [0.2, 0.25) is 0 Å². The fraction of sp³-hybridized carbons (Fsp3) is 0.200. The summed E-state index contributed by atoms with van der Waals surface area (Å²) < 4.78 is 0. The lowest BCUT2D eigenvalue weighted by molar-refractivity contribution is 0.343. The van der Waals surface area contributed by atoms with Crippen LogP contribution < -0.4 is 0 Å². The molecular weight excluding hydrogens is 152 g/mol. The Morgan fingerprint density at radius 3 is 2.75 bits per heavy atom. The van der Waals surface area contributed by atoms with Crippen molar-refractivity contribution in [3.05, 3.63) is 35.4 Å². The van der Waals surface area contributed by atoms with Crippen LogP contribution in [-0.2, 0) is 0 Å². The van der Waals surface area contributed by atoms with E-state index in [-0.39, 0.29) is 12.4 Å². The van der Waals surface area contributed by atoms with Crippen LogP contribution in [0.4, 0.5) is 0 Å². The minimum atomic E-state index is 0.0225. The van der Waals surface area contributed by atoms with Crippen molar-refractivity contribution in [2.75, 3.05) is 6.61 Å². The molecule has 0 aliphatic carbocycles. The molecule has 0 heterocycles. The first-order valence-corrected chi connectivity index (χ1v) is 3.81. The fourth-order valence-corrected chi connectivity index (χ4v) is 0.919. The number of hydrogen-bond acceptors (Lipinski definition) is 2. The molecule has 0 aromatic heterocycles. The van der Waals surface area contributed by atoms with Crippen LogP contribution in [0.1, 0.15) is 11.1 Å². The second-order valence-electron chi connectivity index (χ2n) is 2.63. The van der Waals surface area contributed by atoms with Gasteiger partial charge in [0.05, 0.1) is 6.61 Å². The van der Waals surface area contributed by atoms with Gasteiger partial charge >= 0.3 is 0 Å². The van der Waals surface area contributed by atoms with E-state index < -0.39 is 0 Å². The Hall–Kier alpha value is -1.28. The molecule has 2 N–H and O–H groups in total. The Labute approximate surface area is 71.8 Å². The van der Waals surface area contributed by atoms with Gasteiger partial charge in [0, 0.05) is 0 Å². The Morgan fingerprint density at radius 2 is 2.17 bits per heavy atom. The van der Waals surface area contributed by atoms with Gasteiger partial charge in [0.1, 0.15) is 5.75 Å². The van der Waals surface area contributed by atoms with Gasteiger partial charge in [-0.25, -0.2) is 0 Å². The number of aliphatic hydroxyl groups is 1. The molecule has 0 bridgehead atoms. The maximum absolute atomic E-state index is 9.30. The minimum absolute atomic E-state index is 0.0225. The minimum Gasteiger partial charge on any atom is -0.508 e. The zero-order chi connectivity index (χ0) is 8.97. The van der Waals surface area contributed by atoms with Crippen molar-refractivity contribution in [3.63, 3.8) is 0 Å². The summed E-state index contributed by atoms with van der Waals surface area (Å²) in [6, 6.07) is 5.40. The number of aryl methyl sites for hydroxylation is 1. The number of rotatable bonds is 2. The molecule has 12 heavy (non-hydrogen) atoms. The number of aromatic hydroxyl groups is 1. The van der Waals surface area contributed by atoms with E-state index in [2.05, 4.69) is 0 Å². The van der Waals surface area contributed by atoms with E-state index in [0.717, 1.165) is 11.1 Å². The van der Waals surface area contributed by atoms with Gasteiger partial charge < -0.3 is 10.2 Å². The van der Waals surface area contributed by atoms with Gasteiger partial charge in [-0.2, -0.15) is 0 Å². The smallest absolute Gasteiger partial charge is 0.119 e. The lowest BCUT2D eigenvalue weighted by Gasteiger charge is -1.98. The van der Waals surface area contributed by atoms with Crippen LogP contribution in [0, 0.1) is 6.92 Å². The van der Waals surface area contributed by atoms with Crippen molar-refractivity contribution in [1.82, 2.24) is 0 Å². The highest BCUT2D eigenvalue weighted by molar-refractivity contribution is 5.53. The predicted octanol–water partition coefficient (Wildman–Crippen LogP) is 1.71. The summed E-state index contributed by atoms with van der Waals surface area (Å²) in [5, 5.41) is 17.8. The molecule has 2 heteroatoms. The molecule has 0 unspecified atom stereocenters. The third kappa shape index (κ3) is 2.10. The molecule has 1 aromatic rings. The summed E-state index contributed by atoms with van der Waals surface area (Å²) in [5.41, 5.74) is 1.75.